The fraction of sp³-hybridized carbons (Fsp3) is 0.757. The highest BCUT2D eigenvalue weighted by atomic mass is 28.4. The van der Waals surface area contributed by atoms with Gasteiger partial charge in [0, 0.05) is 31.5 Å². The lowest BCUT2D eigenvalue weighted by molar-refractivity contribution is -0.140. The third-order valence-corrected chi connectivity index (χ3v) is 19.4. The first-order valence-corrected chi connectivity index (χ1v) is 23.1. The maximum atomic E-state index is 14.3. The van der Waals surface area contributed by atoms with Gasteiger partial charge in [0.05, 0.1) is 25.2 Å². The lowest BCUT2D eigenvalue weighted by Crippen LogP contribution is -2.54. The minimum Gasteiger partial charge on any atom is -0.466 e. The van der Waals surface area contributed by atoms with Crippen LogP contribution in [0.25, 0.3) is 0 Å². The highest BCUT2D eigenvalue weighted by Crippen LogP contribution is 2.41. The van der Waals surface area contributed by atoms with E-state index in [9.17, 15) is 14.4 Å². The average Bonchev–Trinajstić information content (AvgIpc) is 2.96. The summed E-state index contributed by atoms with van der Waals surface area (Å²) in [6.07, 6.45) is 6.37. The third-order valence-electron chi connectivity index (χ3n) is 10.5. The minimum atomic E-state index is -2.39. The molecule has 0 heterocycles. The molecule has 278 valence electrons. The summed E-state index contributed by atoms with van der Waals surface area (Å²) < 4.78 is 24.5. The van der Waals surface area contributed by atoms with E-state index in [0.717, 1.165) is 0 Å². The molecule has 2 amide bonds. The van der Waals surface area contributed by atoms with Crippen molar-refractivity contribution in [2.45, 2.75) is 131 Å². The number of hydrogen-bond donors (Lipinski definition) is 1. The van der Waals surface area contributed by atoms with E-state index >= 15 is 0 Å². The number of carbonyl (C=O) groups excluding carboxylic acids is 3. The Morgan fingerprint density at radius 3 is 1.69 bits per heavy atom. The van der Waals surface area contributed by atoms with Crippen molar-refractivity contribution in [1.29, 1.82) is 0 Å². The molecule has 0 aromatic heterocycles. The molecule has 8 atom stereocenters. The van der Waals surface area contributed by atoms with Gasteiger partial charge in [-0.05, 0) is 48.1 Å². The highest BCUT2D eigenvalue weighted by molar-refractivity contribution is 6.74. The van der Waals surface area contributed by atoms with Crippen molar-refractivity contribution in [3.8, 4) is 0 Å². The minimum absolute atomic E-state index is 0.0288. The lowest BCUT2D eigenvalue weighted by Gasteiger charge is -2.45. The summed E-state index contributed by atoms with van der Waals surface area (Å²) in [4.78, 5) is 40.1. The number of rotatable bonds is 18. The van der Waals surface area contributed by atoms with Gasteiger partial charge in [-0.1, -0.05) is 107 Å². The zero-order valence-corrected chi connectivity index (χ0v) is 35.3. The standard InChI is InChI=1S/C37H70N2O7Si2/c1-19-20-21-25(2)32(44-35(38)42)28(5)33(46-48(17,18)37(10,11)12)29(6)34(41)39(13)24-27(4)31(26(3)22-23-30(40)43-14)45-47(15,16)36(7,8)9/h19-23,25-29,31-33H,1,24H2,2-18H3,(H2,38,42)/t25-,26-,27-,28+,29+,31-,32-,33-/m0/s1. The van der Waals surface area contributed by atoms with Gasteiger partial charge in [-0.3, -0.25) is 4.79 Å². The van der Waals surface area contributed by atoms with Crippen LogP contribution in [-0.2, 0) is 27.9 Å². The molecule has 0 aromatic carbocycles. The summed E-state index contributed by atoms with van der Waals surface area (Å²) in [7, 11) is -1.43. The van der Waals surface area contributed by atoms with Gasteiger partial charge >= 0.3 is 12.1 Å². The number of hydrogen-bond acceptors (Lipinski definition) is 7. The third kappa shape index (κ3) is 13.6. The molecule has 0 aromatic rings. The van der Waals surface area contributed by atoms with Crippen LogP contribution < -0.4 is 5.73 Å². The Balaban J connectivity index is 6.67. The first kappa shape index (κ1) is 45.8. The van der Waals surface area contributed by atoms with Gasteiger partial charge < -0.3 is 29.0 Å². The Kier molecular flexibility index (Phi) is 17.8. The van der Waals surface area contributed by atoms with E-state index in [1.807, 2.05) is 53.0 Å². The monoisotopic (exact) mass is 710 g/mol. The number of nitrogens with zero attached hydrogens (tertiary/aromatic N) is 1. The van der Waals surface area contributed by atoms with Crippen LogP contribution in [0.15, 0.2) is 37.0 Å². The van der Waals surface area contributed by atoms with Crippen LogP contribution in [0.5, 0.6) is 0 Å². The van der Waals surface area contributed by atoms with Crippen LogP contribution in [0.2, 0.25) is 36.3 Å². The van der Waals surface area contributed by atoms with Gasteiger partial charge in [-0.25, -0.2) is 9.59 Å². The first-order chi connectivity index (χ1) is 21.6. The maximum absolute atomic E-state index is 14.3. The average molecular weight is 711 g/mol. The number of allylic oxidation sites excluding steroid dienone is 2. The van der Waals surface area contributed by atoms with E-state index in [0.29, 0.717) is 6.54 Å². The molecule has 0 rings (SSSR count). The molecule has 0 fully saturated rings. The van der Waals surface area contributed by atoms with E-state index in [1.54, 1.807) is 11.0 Å². The van der Waals surface area contributed by atoms with Gasteiger partial charge in [0.1, 0.15) is 6.10 Å². The molecule has 11 heteroatoms. The SMILES string of the molecule is C=CC=C[C@H](C)[C@H](OC(N)=O)[C@@H](C)[C@H](O[Si](C)(C)C(C)(C)C)[C@@H](C)C(=O)N(C)C[C@H](C)[C@@H](O[Si](C)(C)C(C)(C)C)[C@@H](C)C=CC(=O)OC. The number of amides is 2. The molecule has 0 aliphatic carbocycles. The summed E-state index contributed by atoms with van der Waals surface area (Å²) in [6, 6.07) is 0. The van der Waals surface area contributed by atoms with E-state index in [-0.39, 0.29) is 45.8 Å². The van der Waals surface area contributed by atoms with Crippen LogP contribution in [-0.4, -0.2) is 78.5 Å². The van der Waals surface area contributed by atoms with Crippen LogP contribution in [0.4, 0.5) is 4.79 Å². The Morgan fingerprint density at radius 2 is 1.27 bits per heavy atom. The molecule has 0 aliphatic rings. The van der Waals surface area contributed by atoms with Crippen LogP contribution in [0, 0.1) is 29.6 Å². The van der Waals surface area contributed by atoms with Crippen molar-refractivity contribution in [3.63, 3.8) is 0 Å². The van der Waals surface area contributed by atoms with Crippen molar-refractivity contribution in [2.24, 2.45) is 35.3 Å². The molecule has 0 radical (unpaired) electrons. The predicted molar refractivity (Wildman–Crippen MR) is 203 cm³/mol. The molecule has 0 spiro atoms. The second-order valence-electron chi connectivity index (χ2n) is 16.7. The van der Waals surface area contributed by atoms with Crippen molar-refractivity contribution in [2.75, 3.05) is 20.7 Å². The number of ether oxygens (including phenoxy) is 2. The topological polar surface area (TPSA) is 117 Å². The summed E-state index contributed by atoms with van der Waals surface area (Å²) in [5.41, 5.74) is 5.55. The van der Waals surface area contributed by atoms with E-state index in [4.69, 9.17) is 24.1 Å². The highest BCUT2D eigenvalue weighted by Gasteiger charge is 2.46. The lowest BCUT2D eigenvalue weighted by atomic mass is 9.83. The Hall–Kier alpha value is -2.22. The number of carbonyl (C=O) groups is 3. The second kappa shape index (κ2) is 18.7. The first-order valence-electron chi connectivity index (χ1n) is 17.3. The quantitative estimate of drug-likeness (QED) is 0.0658. The number of primary amides is 1. The zero-order valence-electron chi connectivity index (χ0n) is 33.3. The number of nitrogens with two attached hydrogens (primary N) is 1. The molecule has 0 aliphatic heterocycles. The largest absolute Gasteiger partial charge is 0.466 e. The fourth-order valence-corrected chi connectivity index (χ4v) is 8.27. The Labute approximate surface area is 295 Å². The van der Waals surface area contributed by atoms with Gasteiger partial charge in [-0.2, -0.15) is 0 Å². The van der Waals surface area contributed by atoms with Crippen LogP contribution in [0.3, 0.4) is 0 Å². The maximum Gasteiger partial charge on any atom is 0.404 e. The van der Waals surface area contributed by atoms with Crippen molar-refractivity contribution < 1.29 is 32.7 Å². The predicted octanol–water partition coefficient (Wildman–Crippen LogP) is 8.34. The fourth-order valence-electron chi connectivity index (χ4n) is 5.34. The van der Waals surface area contributed by atoms with E-state index < -0.39 is 46.8 Å². The van der Waals surface area contributed by atoms with Gasteiger partial charge in [-0.15, -0.1) is 0 Å². The summed E-state index contributed by atoms with van der Waals surface area (Å²) >= 11 is 0. The van der Waals surface area contributed by atoms with Gasteiger partial charge in [0.25, 0.3) is 0 Å². The molecule has 0 unspecified atom stereocenters. The van der Waals surface area contributed by atoms with Crippen molar-refractivity contribution in [3.05, 3.63) is 37.0 Å². The summed E-state index contributed by atoms with van der Waals surface area (Å²) in [5, 5.41) is -0.149. The number of esters is 1. The van der Waals surface area contributed by atoms with E-state index in [2.05, 4.69) is 81.2 Å². The van der Waals surface area contributed by atoms with Crippen molar-refractivity contribution in [1.82, 2.24) is 4.90 Å². The Bertz CT molecular complexity index is 1120. The van der Waals surface area contributed by atoms with Gasteiger partial charge in [0.15, 0.2) is 16.6 Å². The smallest absolute Gasteiger partial charge is 0.404 e. The van der Waals surface area contributed by atoms with E-state index in [1.165, 1.54) is 13.2 Å². The zero-order chi connectivity index (χ0) is 38.0. The molecular formula is C37H70N2O7Si2. The second-order valence-corrected chi connectivity index (χ2v) is 26.2. The van der Waals surface area contributed by atoms with Crippen molar-refractivity contribution >= 4 is 34.6 Å². The molecule has 0 saturated carbocycles. The summed E-state index contributed by atoms with van der Waals surface area (Å²) in [6.45, 7) is 35.9. The van der Waals surface area contributed by atoms with Crippen LogP contribution >= 0.6 is 0 Å². The molecule has 48 heavy (non-hydrogen) atoms. The van der Waals surface area contributed by atoms with Crippen LogP contribution in [0.1, 0.15) is 76.2 Å². The molecule has 9 nitrogen and oxygen atoms in total. The number of methoxy groups -OCH3 is 1. The Morgan fingerprint density at radius 1 is 0.812 bits per heavy atom. The molecule has 0 saturated heterocycles. The van der Waals surface area contributed by atoms with Gasteiger partial charge in [0.2, 0.25) is 5.91 Å². The summed E-state index contributed by atoms with van der Waals surface area (Å²) in [5.74, 6) is -1.80. The molecular weight excluding hydrogens is 641 g/mol. The molecule has 2 N–H and O–H groups in total. The normalized spacial score (nSPS) is 18.4. The molecule has 0 bridgehead atoms.